The molecule has 0 bridgehead atoms. The van der Waals surface area contributed by atoms with E-state index in [0.717, 1.165) is 38.9 Å². The number of fused-ring (bicyclic) bond motifs is 6. The van der Waals surface area contributed by atoms with E-state index in [1.807, 2.05) is 147 Å². The maximum atomic E-state index is 13.7. The summed E-state index contributed by atoms with van der Waals surface area (Å²) in [5.74, 6) is -1.74. The van der Waals surface area contributed by atoms with Crippen LogP contribution in [-0.4, -0.2) is 213 Å². The first-order valence-electron chi connectivity index (χ1n) is 50.5. The van der Waals surface area contributed by atoms with Gasteiger partial charge in [0.25, 0.3) is 17.7 Å². The number of methoxy groups -OCH3 is 2. The number of carbonyl (C=O) groups is 11. The zero-order valence-electron chi connectivity index (χ0n) is 85.9. The first-order valence-corrected chi connectivity index (χ1v) is 50.5. The number of carbonyl (C=O) groups excluding carboxylic acids is 11. The van der Waals surface area contributed by atoms with Gasteiger partial charge in [-0.2, -0.15) is 0 Å². The largest absolute Gasteiger partial charge is 0.493 e. The molecule has 6 atom stereocenters. The van der Waals surface area contributed by atoms with Crippen LogP contribution in [0.15, 0.2) is 217 Å². The van der Waals surface area contributed by atoms with Crippen LogP contribution in [0.25, 0.3) is 22.3 Å². The molecule has 0 aliphatic carbocycles. The molecule has 0 unspecified atom stereocenters. The number of aromatic nitrogens is 2. The van der Waals surface area contributed by atoms with Crippen molar-refractivity contribution >= 4 is 111 Å². The molecule has 14 rings (SSSR count). The number of nitrogens with one attached hydrogen (secondary N) is 6. The Morgan fingerprint density at radius 3 is 1.32 bits per heavy atom. The Labute approximate surface area is 864 Å². The number of nitrogens with zero attached hydrogens (tertiary/aromatic N) is 6. The van der Waals surface area contributed by atoms with Crippen molar-refractivity contribution in [2.75, 3.05) is 115 Å². The molecule has 33 heteroatoms. The number of benzene rings is 8. The van der Waals surface area contributed by atoms with Crippen molar-refractivity contribution in [2.24, 2.45) is 59.2 Å². The number of hydrogen-bond acceptors (Lipinski definition) is 24. The summed E-state index contributed by atoms with van der Waals surface area (Å²) < 4.78 is 48.4. The van der Waals surface area contributed by atoms with Gasteiger partial charge in [-0.05, 0) is 155 Å². The highest BCUT2D eigenvalue weighted by Gasteiger charge is 2.37. The first-order chi connectivity index (χ1) is 71.4. The third-order valence-corrected chi connectivity index (χ3v) is 26.2. The van der Waals surface area contributed by atoms with Gasteiger partial charge in [0.15, 0.2) is 46.1 Å². The van der Waals surface area contributed by atoms with Gasteiger partial charge in [-0.3, -0.25) is 62.7 Å². The highest BCUT2D eigenvalue weighted by atomic mass is 16.5. The lowest BCUT2D eigenvalue weighted by Crippen LogP contribution is -2.45. The summed E-state index contributed by atoms with van der Waals surface area (Å²) in [4.78, 5) is 159. The topological polar surface area (TPSA) is 427 Å². The molecule has 2 aromatic heterocycles. The van der Waals surface area contributed by atoms with Crippen molar-refractivity contribution < 1.29 is 90.6 Å². The molecule has 4 aliphatic rings. The highest BCUT2D eigenvalue weighted by Crippen LogP contribution is 2.42. The standard InChI is InChI=1S/C58H69N7O9.C57H67N7O10/c1-37(2)56(61-39(4)21-24-72-26-27-73-25-22-59)52(67)28-38(3)57(69)63-45-19-17-42(18-20-45)41-15-13-40(14-16-41)29-51(66)50-31-46(36-64(50)5)62-55(68)12-9-23-74-54-33-49-48(32-53(54)71-6)58(70)65-35-44-11-8-7-10-43(44)30-47(65)34-60-49;1-36(2)54(62-53(67)21-24-72-26-27-73-25-22-58)50(66)28-37(3)55(68)60-43-19-17-39(18-20-43)38-13-15-40(16-14-38)56(69)61-44-30-48(63(4)35-44)49(65)12-8-9-23-74-52-32-47-46(31-51(52)71-5)57(70)64-34-42-11-7-6-10-41(42)29-45(64)33-59-47/h7-8,10-11,13-20,31-34,36-38,47,56,61H,4,9,12,21-30,35,59H2,1-3,5-6H3,(H,62,68)(H,63,69);6-7,10-11,13-20,30-33,35-37,45,54H,8-9,12,21-29,34,58H2,1-5H3,(H,60,68)(H,61,69)(H,62,67)/t38-,47+,56+;37-,45+,54+/m11/s1. The number of ether oxygens (including phenoxy) is 8. The highest BCUT2D eigenvalue weighted by molar-refractivity contribution is 6.08. The zero-order chi connectivity index (χ0) is 105. The van der Waals surface area contributed by atoms with Crippen LogP contribution in [0.1, 0.15) is 179 Å². The second-order valence-corrected chi connectivity index (χ2v) is 38.1. The maximum Gasteiger partial charge on any atom is 0.257 e. The van der Waals surface area contributed by atoms with Gasteiger partial charge >= 0.3 is 0 Å². The summed E-state index contributed by atoms with van der Waals surface area (Å²) >= 11 is 0. The second kappa shape index (κ2) is 54.0. The van der Waals surface area contributed by atoms with Gasteiger partial charge in [0.05, 0.1) is 150 Å². The van der Waals surface area contributed by atoms with Crippen LogP contribution in [0.2, 0.25) is 0 Å². The van der Waals surface area contributed by atoms with Crippen LogP contribution >= 0.6 is 0 Å². The van der Waals surface area contributed by atoms with Gasteiger partial charge in [-0.1, -0.05) is 157 Å². The van der Waals surface area contributed by atoms with Gasteiger partial charge < -0.3 is 100 Å². The number of unbranched alkanes of at least 4 members (excludes halogenated alkanes) is 1. The van der Waals surface area contributed by atoms with Crippen LogP contribution in [0.4, 0.5) is 34.1 Å². The number of rotatable bonds is 53. The number of aliphatic imine (C=N–C) groups is 2. The molecule has 6 heterocycles. The Hall–Kier alpha value is -14.9. The number of amides is 7. The first kappa shape index (κ1) is 110. The van der Waals surface area contributed by atoms with E-state index in [0.29, 0.717) is 208 Å². The van der Waals surface area contributed by atoms with Crippen LogP contribution < -0.4 is 62.3 Å². The SMILES string of the molecule is C=C(CCOCCOCCN)N[C@H](C(=O)C[C@@H](C)C(=O)Nc1ccc(-c2ccc(CC(=O)c3cc(NC(=O)CCCOc4cc5c(cc4OC)C(=O)N4Cc6ccccc6C[C@H]4C=N5)cn3C)cc2)cc1)C(C)C.COc1cc2c(cc1OCCCCC(=O)c1cc(NC(=O)c3ccc(-c4ccc(NC(=O)[C@H](C)CC(=O)[C@@H](NC(=O)CCOCCOCCN)C(C)C)cc4)cc3)cn1C)N=C[C@@H]1Cc3ccccc3CN1C2=O. The van der Waals surface area contributed by atoms with Crippen molar-refractivity contribution in [3.05, 3.63) is 263 Å². The van der Waals surface area contributed by atoms with Crippen LogP contribution in [0.5, 0.6) is 23.0 Å². The lowest BCUT2D eigenvalue weighted by atomic mass is 9.92. The average molecular weight is 2020 g/mol. The fourth-order valence-corrected chi connectivity index (χ4v) is 17.9. The number of nitrogens with two attached hydrogens (primary N) is 2. The Morgan fingerprint density at radius 1 is 0.426 bits per heavy atom. The number of hydrogen-bond donors (Lipinski definition) is 8. The molecule has 4 aliphatic heterocycles. The van der Waals surface area contributed by atoms with E-state index in [4.69, 9.17) is 59.3 Å². The Bertz CT molecular complexity index is 6410. The van der Waals surface area contributed by atoms with Crippen molar-refractivity contribution in [1.29, 1.82) is 0 Å². The Morgan fingerprint density at radius 2 is 0.851 bits per heavy atom. The Balaban J connectivity index is 0.000000247. The van der Waals surface area contributed by atoms with Crippen molar-refractivity contribution in [1.82, 2.24) is 29.6 Å². The molecule has 0 radical (unpaired) electrons. The molecule has 780 valence electrons. The second-order valence-electron chi connectivity index (χ2n) is 38.1. The van der Waals surface area contributed by atoms with Crippen molar-refractivity contribution in [2.45, 2.75) is 156 Å². The minimum absolute atomic E-state index is 0.00738. The van der Waals surface area contributed by atoms with Gasteiger partial charge in [0.2, 0.25) is 23.6 Å². The fourth-order valence-electron chi connectivity index (χ4n) is 17.9. The molecule has 10 aromatic rings. The monoisotopic (exact) mass is 2020 g/mol. The molecular formula is C115H136N14O19. The van der Waals surface area contributed by atoms with Crippen LogP contribution in [0.3, 0.4) is 0 Å². The van der Waals surface area contributed by atoms with Crippen molar-refractivity contribution in [3.63, 3.8) is 0 Å². The zero-order valence-corrected chi connectivity index (χ0v) is 85.9. The van der Waals surface area contributed by atoms with Gasteiger partial charge in [0, 0.05) is 157 Å². The molecule has 7 amide bonds. The minimum Gasteiger partial charge on any atom is -0.493 e. The van der Waals surface area contributed by atoms with E-state index >= 15 is 0 Å². The van der Waals surface area contributed by atoms with Gasteiger partial charge in [0.1, 0.15) is 0 Å². The lowest BCUT2D eigenvalue weighted by molar-refractivity contribution is -0.131. The van der Waals surface area contributed by atoms with E-state index in [9.17, 15) is 52.7 Å². The average Bonchev–Trinajstić information content (AvgIpc) is 1.54. The summed E-state index contributed by atoms with van der Waals surface area (Å²) in [7, 11) is 6.59. The Kier molecular flexibility index (Phi) is 40.3. The molecule has 8 aromatic carbocycles. The van der Waals surface area contributed by atoms with Crippen LogP contribution in [-0.2, 0) is 94.2 Å². The number of anilines is 4. The molecule has 0 spiro atoms. The van der Waals surface area contributed by atoms with E-state index in [1.165, 1.54) is 25.3 Å². The number of ketones is 4. The van der Waals surface area contributed by atoms with Crippen LogP contribution in [0, 0.1) is 23.7 Å². The predicted molar refractivity (Wildman–Crippen MR) is 571 cm³/mol. The molecule has 148 heavy (non-hydrogen) atoms. The van der Waals surface area contributed by atoms with Crippen molar-refractivity contribution in [3.8, 4) is 45.3 Å². The van der Waals surface area contributed by atoms with Gasteiger partial charge in [-0.25, -0.2) is 0 Å². The third kappa shape index (κ3) is 30.4. The minimum atomic E-state index is -0.736. The van der Waals surface area contributed by atoms with E-state index in [2.05, 4.69) is 62.7 Å². The lowest BCUT2D eigenvalue weighted by Gasteiger charge is -2.34. The molecule has 10 N–H and O–H groups in total. The van der Waals surface area contributed by atoms with E-state index < -0.39 is 23.9 Å². The summed E-state index contributed by atoms with van der Waals surface area (Å²) in [5, 5.41) is 17.7. The molecule has 33 nitrogen and oxygen atoms in total. The normalized spacial score (nSPS) is 14.5. The summed E-state index contributed by atoms with van der Waals surface area (Å²) in [6.45, 7) is 20.8. The predicted octanol–water partition coefficient (Wildman–Crippen LogP) is 16.0. The smallest absolute Gasteiger partial charge is 0.257 e. The maximum absolute atomic E-state index is 13.7. The number of aryl methyl sites for hydroxylation is 2. The number of Topliss-reactive ketones (excluding diaryl/α,β-unsaturated/α-hetero) is 4. The van der Waals surface area contributed by atoms with E-state index in [-0.39, 0.29) is 140 Å². The van der Waals surface area contributed by atoms with Gasteiger partial charge in [-0.15, -0.1) is 0 Å². The molecule has 0 saturated carbocycles. The molecule has 0 fully saturated rings. The summed E-state index contributed by atoms with van der Waals surface area (Å²) in [5.41, 5.74) is 26.1. The van der Waals surface area contributed by atoms with E-state index in [1.54, 1.807) is 110 Å². The third-order valence-electron chi connectivity index (χ3n) is 26.2. The summed E-state index contributed by atoms with van der Waals surface area (Å²) in [6.07, 6.45) is 11.3. The summed E-state index contributed by atoms with van der Waals surface area (Å²) in [6, 6.07) is 54.5. The fraction of sp³-hybridized carbons (Fsp3) is 0.383. The molecule has 0 saturated heterocycles. The quantitative estimate of drug-likeness (QED) is 0.0130. The molecular weight excluding hydrogens is 1880 g/mol.